The number of nitriles is 1. The summed E-state index contributed by atoms with van der Waals surface area (Å²) in [6.45, 7) is 0.178. The van der Waals surface area contributed by atoms with Crippen molar-refractivity contribution in [1.82, 2.24) is 5.32 Å². The van der Waals surface area contributed by atoms with Crippen LogP contribution in [0.15, 0.2) is 24.3 Å². The molecule has 0 aliphatic carbocycles. The quantitative estimate of drug-likeness (QED) is 0.643. The second-order valence-corrected chi connectivity index (χ2v) is 2.86. The first kappa shape index (κ1) is 10.7. The van der Waals surface area contributed by atoms with E-state index in [4.69, 9.17) is 11.0 Å². The Balaban J connectivity index is 2.62. The molecule has 15 heavy (non-hydrogen) atoms. The zero-order chi connectivity index (χ0) is 11.3. The summed E-state index contributed by atoms with van der Waals surface area (Å²) >= 11 is 0. The van der Waals surface area contributed by atoms with Crippen molar-refractivity contribution in [2.24, 2.45) is 5.73 Å². The molecule has 0 aliphatic rings. The van der Waals surface area contributed by atoms with Crippen molar-refractivity contribution in [1.29, 1.82) is 5.26 Å². The summed E-state index contributed by atoms with van der Waals surface area (Å²) in [4.78, 5) is 21.2. The maximum absolute atomic E-state index is 10.8. The fourth-order valence-electron chi connectivity index (χ4n) is 1.02. The van der Waals surface area contributed by atoms with Crippen molar-refractivity contribution < 1.29 is 9.59 Å². The first-order valence-corrected chi connectivity index (χ1v) is 4.20. The minimum Gasteiger partial charge on any atom is -0.361 e. The Morgan fingerprint density at radius 2 is 2.20 bits per heavy atom. The summed E-state index contributed by atoms with van der Waals surface area (Å²) in [5.41, 5.74) is 5.99. The molecule has 0 unspecified atom stereocenters. The van der Waals surface area contributed by atoms with Gasteiger partial charge in [0.2, 0.25) is 0 Å². The van der Waals surface area contributed by atoms with Gasteiger partial charge in [0, 0.05) is 6.54 Å². The second-order valence-electron chi connectivity index (χ2n) is 2.86. The van der Waals surface area contributed by atoms with Crippen molar-refractivity contribution >= 4 is 11.8 Å². The number of benzene rings is 1. The fourth-order valence-corrected chi connectivity index (χ4v) is 1.02. The van der Waals surface area contributed by atoms with E-state index in [0.29, 0.717) is 5.56 Å². The number of hydrogen-bond acceptors (Lipinski definition) is 3. The summed E-state index contributed by atoms with van der Waals surface area (Å²) in [5.74, 6) is -1.86. The van der Waals surface area contributed by atoms with E-state index >= 15 is 0 Å². The lowest BCUT2D eigenvalue weighted by Crippen LogP contribution is -2.35. The van der Waals surface area contributed by atoms with E-state index in [-0.39, 0.29) is 6.54 Å². The van der Waals surface area contributed by atoms with Crippen molar-refractivity contribution in [3.8, 4) is 6.07 Å². The molecule has 0 spiro atoms. The number of nitrogens with one attached hydrogen (secondary N) is 1. The molecule has 0 radical (unpaired) electrons. The van der Waals surface area contributed by atoms with E-state index in [1.54, 1.807) is 24.3 Å². The highest BCUT2D eigenvalue weighted by molar-refractivity contribution is 6.34. The van der Waals surface area contributed by atoms with E-state index in [2.05, 4.69) is 5.32 Å². The first-order valence-electron chi connectivity index (χ1n) is 4.20. The standard InChI is InChI=1S/C10H9N3O2/c11-5-7-2-1-3-8(4-7)6-13-10(15)9(12)14/h1-4H,6H2,(H2,12,14)(H,13,15). The fraction of sp³-hybridized carbons (Fsp3) is 0.100. The normalized spacial score (nSPS) is 9.00. The van der Waals surface area contributed by atoms with Crippen LogP contribution in [0.25, 0.3) is 0 Å². The van der Waals surface area contributed by atoms with Crippen LogP contribution in [0.5, 0.6) is 0 Å². The highest BCUT2D eigenvalue weighted by Crippen LogP contribution is 2.03. The minimum atomic E-state index is -1.02. The Labute approximate surface area is 86.5 Å². The number of rotatable bonds is 2. The van der Waals surface area contributed by atoms with Crippen LogP contribution in [0.4, 0.5) is 0 Å². The maximum atomic E-state index is 10.8. The molecular formula is C10H9N3O2. The Morgan fingerprint density at radius 1 is 1.47 bits per heavy atom. The number of hydrogen-bond donors (Lipinski definition) is 2. The van der Waals surface area contributed by atoms with Crippen molar-refractivity contribution in [3.05, 3.63) is 35.4 Å². The first-order chi connectivity index (χ1) is 7.13. The van der Waals surface area contributed by atoms with Gasteiger partial charge in [0.05, 0.1) is 11.6 Å². The van der Waals surface area contributed by atoms with Crippen LogP contribution >= 0.6 is 0 Å². The summed E-state index contributed by atoms with van der Waals surface area (Å²) in [6.07, 6.45) is 0. The molecule has 0 saturated heterocycles. The Bertz CT molecular complexity index is 435. The number of carbonyl (C=O) groups is 2. The van der Waals surface area contributed by atoms with Gasteiger partial charge in [-0.2, -0.15) is 5.26 Å². The topological polar surface area (TPSA) is 96.0 Å². The van der Waals surface area contributed by atoms with E-state index in [9.17, 15) is 9.59 Å². The van der Waals surface area contributed by atoms with Crippen LogP contribution in [0.1, 0.15) is 11.1 Å². The highest BCUT2D eigenvalue weighted by Gasteiger charge is 2.07. The van der Waals surface area contributed by atoms with E-state index < -0.39 is 11.8 Å². The van der Waals surface area contributed by atoms with Gasteiger partial charge in [-0.25, -0.2) is 0 Å². The monoisotopic (exact) mass is 203 g/mol. The molecule has 0 saturated carbocycles. The molecule has 0 aliphatic heterocycles. The van der Waals surface area contributed by atoms with Gasteiger partial charge in [-0.05, 0) is 17.7 Å². The third kappa shape index (κ3) is 3.12. The van der Waals surface area contributed by atoms with Crippen molar-refractivity contribution in [2.75, 3.05) is 0 Å². The minimum absolute atomic E-state index is 0.178. The average Bonchev–Trinajstić information content (AvgIpc) is 2.26. The van der Waals surface area contributed by atoms with Crippen molar-refractivity contribution in [3.63, 3.8) is 0 Å². The Hall–Kier alpha value is -2.35. The van der Waals surface area contributed by atoms with Crippen LogP contribution in [0, 0.1) is 11.3 Å². The molecule has 0 atom stereocenters. The van der Waals surface area contributed by atoms with Gasteiger partial charge in [0.15, 0.2) is 0 Å². The molecule has 0 fully saturated rings. The third-order valence-electron chi connectivity index (χ3n) is 1.73. The van der Waals surface area contributed by atoms with Gasteiger partial charge in [-0.15, -0.1) is 0 Å². The molecule has 1 aromatic carbocycles. The molecule has 0 heterocycles. The van der Waals surface area contributed by atoms with Gasteiger partial charge in [-0.1, -0.05) is 12.1 Å². The molecule has 1 aromatic rings. The molecule has 0 aromatic heterocycles. The molecule has 2 amide bonds. The average molecular weight is 203 g/mol. The lowest BCUT2D eigenvalue weighted by molar-refractivity contribution is -0.137. The predicted octanol–water partition coefficient (Wildman–Crippen LogP) is -0.340. The molecule has 5 heteroatoms. The van der Waals surface area contributed by atoms with Gasteiger partial charge in [0.1, 0.15) is 0 Å². The zero-order valence-corrected chi connectivity index (χ0v) is 7.86. The predicted molar refractivity (Wildman–Crippen MR) is 52.2 cm³/mol. The molecule has 3 N–H and O–H groups in total. The van der Waals surface area contributed by atoms with Crippen LogP contribution in [0.3, 0.4) is 0 Å². The zero-order valence-electron chi connectivity index (χ0n) is 7.86. The van der Waals surface area contributed by atoms with Gasteiger partial charge < -0.3 is 11.1 Å². The van der Waals surface area contributed by atoms with Crippen LogP contribution in [-0.2, 0) is 16.1 Å². The van der Waals surface area contributed by atoms with Crippen LogP contribution in [-0.4, -0.2) is 11.8 Å². The van der Waals surface area contributed by atoms with Gasteiger partial charge in [-0.3, -0.25) is 9.59 Å². The largest absolute Gasteiger partial charge is 0.361 e. The van der Waals surface area contributed by atoms with Crippen molar-refractivity contribution in [2.45, 2.75) is 6.54 Å². The summed E-state index contributed by atoms with van der Waals surface area (Å²) < 4.78 is 0. The highest BCUT2D eigenvalue weighted by atomic mass is 16.2. The van der Waals surface area contributed by atoms with Gasteiger partial charge >= 0.3 is 11.8 Å². The molecule has 76 valence electrons. The smallest absolute Gasteiger partial charge is 0.309 e. The Kier molecular flexibility index (Phi) is 3.41. The van der Waals surface area contributed by atoms with Gasteiger partial charge in [0.25, 0.3) is 0 Å². The maximum Gasteiger partial charge on any atom is 0.309 e. The number of primary amides is 1. The van der Waals surface area contributed by atoms with Crippen LogP contribution in [0.2, 0.25) is 0 Å². The molecule has 1 rings (SSSR count). The third-order valence-corrected chi connectivity index (χ3v) is 1.73. The van der Waals surface area contributed by atoms with E-state index in [0.717, 1.165) is 5.56 Å². The SMILES string of the molecule is N#Cc1cccc(CNC(=O)C(N)=O)c1. The molecule has 5 nitrogen and oxygen atoms in total. The second kappa shape index (κ2) is 4.77. The summed E-state index contributed by atoms with van der Waals surface area (Å²) in [6, 6.07) is 8.69. The number of amides is 2. The molecular weight excluding hydrogens is 194 g/mol. The van der Waals surface area contributed by atoms with E-state index in [1.807, 2.05) is 6.07 Å². The van der Waals surface area contributed by atoms with Crippen LogP contribution < -0.4 is 11.1 Å². The summed E-state index contributed by atoms with van der Waals surface area (Å²) in [7, 11) is 0. The number of carbonyl (C=O) groups excluding carboxylic acids is 2. The molecule has 0 bridgehead atoms. The number of nitrogens with zero attached hydrogens (tertiary/aromatic N) is 1. The number of nitrogens with two attached hydrogens (primary N) is 1. The van der Waals surface area contributed by atoms with E-state index in [1.165, 1.54) is 0 Å². The lowest BCUT2D eigenvalue weighted by Gasteiger charge is -2.02. The Morgan fingerprint density at radius 3 is 2.80 bits per heavy atom. The lowest BCUT2D eigenvalue weighted by atomic mass is 10.1. The summed E-state index contributed by atoms with van der Waals surface area (Å²) in [5, 5.41) is 10.9.